The smallest absolute Gasteiger partial charge is 0.302 e. The largest absolute Gasteiger partial charge is 0.416 e. The van der Waals surface area contributed by atoms with E-state index in [-0.39, 0.29) is 5.91 Å². The van der Waals surface area contributed by atoms with Gasteiger partial charge in [0.1, 0.15) is 0 Å². The summed E-state index contributed by atoms with van der Waals surface area (Å²) >= 11 is 4.21. The van der Waals surface area contributed by atoms with E-state index in [0.717, 1.165) is 23.5 Å². The van der Waals surface area contributed by atoms with Crippen molar-refractivity contribution in [1.29, 1.82) is 0 Å². The number of carbonyl (C=O) groups is 1. The highest BCUT2D eigenvalue weighted by Gasteiger charge is 2.31. The van der Waals surface area contributed by atoms with Gasteiger partial charge in [0.15, 0.2) is 5.13 Å². The Morgan fingerprint density at radius 1 is 1.35 bits per heavy atom. The highest BCUT2D eigenvalue weighted by molar-refractivity contribution is 9.10. The summed E-state index contributed by atoms with van der Waals surface area (Å²) in [4.78, 5) is 15.0. The average Bonchev–Trinajstić information content (AvgIpc) is 2.74. The van der Waals surface area contributed by atoms with Crippen LogP contribution in [0.1, 0.15) is 12.5 Å². The molecule has 0 aliphatic heterocycles. The van der Waals surface area contributed by atoms with Crippen LogP contribution in [0, 0.1) is 0 Å². The van der Waals surface area contributed by atoms with Crippen LogP contribution in [0.5, 0.6) is 0 Å². The number of thiazole rings is 1. The Labute approximate surface area is 125 Å². The van der Waals surface area contributed by atoms with Crippen molar-refractivity contribution in [3.63, 3.8) is 0 Å². The van der Waals surface area contributed by atoms with Crippen molar-refractivity contribution < 1.29 is 18.0 Å². The van der Waals surface area contributed by atoms with Crippen LogP contribution >= 0.6 is 27.3 Å². The first-order valence-electron chi connectivity index (χ1n) is 5.37. The van der Waals surface area contributed by atoms with Crippen LogP contribution in [0.4, 0.5) is 18.3 Å². The van der Waals surface area contributed by atoms with E-state index in [1.54, 1.807) is 11.4 Å². The molecule has 3 nitrogen and oxygen atoms in total. The summed E-state index contributed by atoms with van der Waals surface area (Å²) in [5, 5.41) is 4.43. The highest BCUT2D eigenvalue weighted by Crippen LogP contribution is 2.35. The molecule has 2 rings (SSSR count). The number of nitrogens with zero attached hydrogens (tertiary/aromatic N) is 1. The molecule has 1 heterocycles. The minimum atomic E-state index is -4.42. The van der Waals surface area contributed by atoms with Crippen LogP contribution in [-0.2, 0) is 11.0 Å². The fourth-order valence-corrected chi connectivity index (χ4v) is 2.77. The second-order valence-electron chi connectivity index (χ2n) is 3.95. The Morgan fingerprint density at radius 3 is 2.65 bits per heavy atom. The molecule has 0 aliphatic rings. The van der Waals surface area contributed by atoms with Gasteiger partial charge >= 0.3 is 6.18 Å². The zero-order chi connectivity index (χ0) is 14.9. The number of aromatic nitrogens is 1. The fourth-order valence-electron chi connectivity index (χ4n) is 1.52. The van der Waals surface area contributed by atoms with Crippen molar-refractivity contribution in [1.82, 2.24) is 4.98 Å². The van der Waals surface area contributed by atoms with Crippen LogP contribution in [0.2, 0.25) is 0 Å². The molecule has 0 saturated carbocycles. The minimum absolute atomic E-state index is 0.281. The third-order valence-electron chi connectivity index (χ3n) is 2.31. The van der Waals surface area contributed by atoms with Crippen molar-refractivity contribution in [2.45, 2.75) is 13.1 Å². The van der Waals surface area contributed by atoms with Gasteiger partial charge in [-0.2, -0.15) is 13.2 Å². The summed E-state index contributed by atoms with van der Waals surface area (Å²) < 4.78 is 38.6. The van der Waals surface area contributed by atoms with Gasteiger partial charge in [0, 0.05) is 22.3 Å². The Kier molecular flexibility index (Phi) is 4.14. The molecular formula is C12H8BrF3N2OS. The van der Waals surface area contributed by atoms with E-state index in [0.29, 0.717) is 20.9 Å². The molecule has 1 aromatic carbocycles. The highest BCUT2D eigenvalue weighted by atomic mass is 79.9. The molecule has 0 unspecified atom stereocenters. The van der Waals surface area contributed by atoms with Crippen molar-refractivity contribution in [3.05, 3.63) is 33.6 Å². The molecule has 1 amide bonds. The van der Waals surface area contributed by atoms with Crippen molar-refractivity contribution >= 4 is 38.3 Å². The standard InChI is InChI=1S/C12H8BrF3N2OS/c1-6(19)17-11-18-10(5-20-11)7-2-8(12(14,15)16)4-9(13)3-7/h2-5H,1H3,(H,17,18,19). The summed E-state index contributed by atoms with van der Waals surface area (Å²) in [6.07, 6.45) is -4.42. The number of halogens is 4. The summed E-state index contributed by atoms with van der Waals surface area (Å²) in [6, 6.07) is 3.57. The Bertz CT molecular complexity index is 654. The lowest BCUT2D eigenvalue weighted by atomic mass is 10.1. The lowest BCUT2D eigenvalue weighted by Crippen LogP contribution is -2.05. The number of carbonyl (C=O) groups excluding carboxylic acids is 1. The Hall–Kier alpha value is -1.41. The minimum Gasteiger partial charge on any atom is -0.302 e. The third-order valence-corrected chi connectivity index (χ3v) is 3.52. The molecule has 0 aliphatic carbocycles. The molecule has 0 radical (unpaired) electrons. The van der Waals surface area contributed by atoms with Crippen LogP contribution in [0.3, 0.4) is 0 Å². The Balaban J connectivity index is 2.40. The monoisotopic (exact) mass is 364 g/mol. The van der Waals surface area contributed by atoms with Gasteiger partial charge in [-0.25, -0.2) is 4.98 Å². The van der Waals surface area contributed by atoms with E-state index in [1.165, 1.54) is 6.92 Å². The van der Waals surface area contributed by atoms with E-state index in [1.807, 2.05) is 0 Å². The average molecular weight is 365 g/mol. The lowest BCUT2D eigenvalue weighted by molar-refractivity contribution is -0.137. The van der Waals surface area contributed by atoms with Crippen molar-refractivity contribution in [3.8, 4) is 11.3 Å². The SMILES string of the molecule is CC(=O)Nc1nc(-c2cc(Br)cc(C(F)(F)F)c2)cs1. The normalized spacial score (nSPS) is 11.4. The van der Waals surface area contributed by atoms with Gasteiger partial charge in [-0.3, -0.25) is 4.79 Å². The van der Waals surface area contributed by atoms with E-state index < -0.39 is 11.7 Å². The van der Waals surface area contributed by atoms with E-state index in [2.05, 4.69) is 26.2 Å². The second-order valence-corrected chi connectivity index (χ2v) is 5.72. The lowest BCUT2D eigenvalue weighted by Gasteiger charge is -2.08. The van der Waals surface area contributed by atoms with Gasteiger partial charge in [-0.15, -0.1) is 11.3 Å². The predicted molar refractivity (Wildman–Crippen MR) is 74.6 cm³/mol. The van der Waals surface area contributed by atoms with Gasteiger partial charge in [-0.1, -0.05) is 15.9 Å². The quantitative estimate of drug-likeness (QED) is 0.849. The van der Waals surface area contributed by atoms with Gasteiger partial charge < -0.3 is 5.32 Å². The first-order chi connectivity index (χ1) is 9.25. The zero-order valence-corrected chi connectivity index (χ0v) is 12.5. The van der Waals surface area contributed by atoms with Crippen LogP contribution in [0.15, 0.2) is 28.1 Å². The van der Waals surface area contributed by atoms with Gasteiger partial charge in [-0.05, 0) is 18.2 Å². The molecule has 0 spiro atoms. The molecule has 1 aromatic heterocycles. The molecule has 0 bridgehead atoms. The third kappa shape index (κ3) is 3.57. The summed E-state index contributed by atoms with van der Waals surface area (Å²) in [5.74, 6) is -0.281. The summed E-state index contributed by atoms with van der Waals surface area (Å²) in [7, 11) is 0. The zero-order valence-electron chi connectivity index (χ0n) is 10.1. The maximum Gasteiger partial charge on any atom is 0.416 e. The number of amides is 1. The molecule has 8 heteroatoms. The second kappa shape index (κ2) is 5.53. The fraction of sp³-hybridized carbons (Fsp3) is 0.167. The van der Waals surface area contributed by atoms with Crippen molar-refractivity contribution in [2.75, 3.05) is 5.32 Å². The van der Waals surface area contributed by atoms with Crippen LogP contribution < -0.4 is 5.32 Å². The summed E-state index contributed by atoms with van der Waals surface area (Å²) in [5.41, 5.74) is -0.0407. The van der Waals surface area contributed by atoms with E-state index >= 15 is 0 Å². The molecule has 20 heavy (non-hydrogen) atoms. The van der Waals surface area contributed by atoms with Gasteiger partial charge in [0.05, 0.1) is 11.3 Å². The molecule has 2 aromatic rings. The van der Waals surface area contributed by atoms with Crippen LogP contribution in [-0.4, -0.2) is 10.9 Å². The number of anilines is 1. The first-order valence-corrected chi connectivity index (χ1v) is 7.04. The van der Waals surface area contributed by atoms with Gasteiger partial charge in [0.25, 0.3) is 0 Å². The first kappa shape index (κ1) is 15.0. The van der Waals surface area contributed by atoms with Gasteiger partial charge in [0.2, 0.25) is 5.91 Å². The maximum absolute atomic E-state index is 12.7. The topological polar surface area (TPSA) is 42.0 Å². The molecule has 1 N–H and O–H groups in total. The van der Waals surface area contributed by atoms with Crippen LogP contribution in [0.25, 0.3) is 11.3 Å². The molecule has 0 atom stereocenters. The molecule has 106 valence electrons. The number of hydrogen-bond acceptors (Lipinski definition) is 3. The molecular weight excluding hydrogens is 357 g/mol. The number of alkyl halides is 3. The number of rotatable bonds is 2. The summed E-state index contributed by atoms with van der Waals surface area (Å²) in [6.45, 7) is 1.34. The number of hydrogen-bond donors (Lipinski definition) is 1. The number of nitrogens with one attached hydrogen (secondary N) is 1. The maximum atomic E-state index is 12.7. The predicted octanol–water partition coefficient (Wildman–Crippen LogP) is 4.55. The number of benzene rings is 1. The molecule has 0 fully saturated rings. The Morgan fingerprint density at radius 2 is 2.05 bits per heavy atom. The van der Waals surface area contributed by atoms with Crippen molar-refractivity contribution in [2.24, 2.45) is 0 Å². The van der Waals surface area contributed by atoms with E-state index in [4.69, 9.17) is 0 Å². The molecule has 0 saturated heterocycles. The van der Waals surface area contributed by atoms with E-state index in [9.17, 15) is 18.0 Å².